The average molecular weight is 307 g/mol. The maximum Gasteiger partial charge on any atom is 0.192 e. The molecular formula is C18H30O2Si. The van der Waals surface area contributed by atoms with Crippen LogP contribution in [0.15, 0.2) is 42.5 Å². The molecule has 0 aliphatic heterocycles. The molecular weight excluding hydrogens is 276 g/mol. The van der Waals surface area contributed by atoms with Gasteiger partial charge in [0, 0.05) is 5.92 Å². The first kappa shape index (κ1) is 18.1. The van der Waals surface area contributed by atoms with Crippen molar-refractivity contribution >= 4 is 8.32 Å². The molecule has 3 heteroatoms. The van der Waals surface area contributed by atoms with E-state index in [1.165, 1.54) is 5.56 Å². The third kappa shape index (κ3) is 5.10. The van der Waals surface area contributed by atoms with E-state index in [9.17, 15) is 0 Å². The minimum atomic E-state index is -1.85. The van der Waals surface area contributed by atoms with E-state index in [2.05, 4.69) is 65.1 Å². The normalized spacial score (nSPS) is 16.1. The lowest BCUT2D eigenvalue weighted by molar-refractivity contribution is 0.147. The summed E-state index contributed by atoms with van der Waals surface area (Å²) >= 11 is 0. The number of hydrogen-bond acceptors (Lipinski definition) is 2. The molecule has 0 aliphatic rings. The van der Waals surface area contributed by atoms with Crippen LogP contribution in [0.1, 0.15) is 39.4 Å². The number of aliphatic hydroxyl groups is 1. The molecule has 0 aliphatic carbocycles. The lowest BCUT2D eigenvalue weighted by atomic mass is 9.97. The quantitative estimate of drug-likeness (QED) is 0.596. The van der Waals surface area contributed by atoms with E-state index < -0.39 is 8.32 Å². The Morgan fingerprint density at radius 1 is 1.19 bits per heavy atom. The Kier molecular flexibility index (Phi) is 6.38. The van der Waals surface area contributed by atoms with E-state index in [0.29, 0.717) is 0 Å². The first-order chi connectivity index (χ1) is 9.69. The largest absolute Gasteiger partial charge is 0.409 e. The predicted molar refractivity (Wildman–Crippen MR) is 92.9 cm³/mol. The zero-order chi connectivity index (χ0) is 16.1. The maximum atomic E-state index is 9.01. The van der Waals surface area contributed by atoms with Gasteiger partial charge in [-0.15, -0.1) is 0 Å². The molecule has 1 rings (SSSR count). The van der Waals surface area contributed by atoms with Crippen LogP contribution in [0.4, 0.5) is 0 Å². The Hall–Kier alpha value is -0.903. The van der Waals surface area contributed by atoms with E-state index >= 15 is 0 Å². The monoisotopic (exact) mass is 306 g/mol. The number of rotatable bonds is 6. The molecule has 2 nitrogen and oxygen atoms in total. The van der Waals surface area contributed by atoms with Crippen LogP contribution >= 0.6 is 0 Å². The summed E-state index contributed by atoms with van der Waals surface area (Å²) in [4.78, 5) is 0. The summed E-state index contributed by atoms with van der Waals surface area (Å²) < 4.78 is 6.65. The summed E-state index contributed by atoms with van der Waals surface area (Å²) in [5.74, 6) is 0.230. The predicted octanol–water partition coefficient (Wildman–Crippen LogP) is 4.93. The summed E-state index contributed by atoms with van der Waals surface area (Å²) in [5.41, 5.74) is 1.21. The van der Waals surface area contributed by atoms with Gasteiger partial charge in [0.1, 0.15) is 0 Å². The molecule has 1 N–H and O–H groups in total. The Morgan fingerprint density at radius 3 is 2.24 bits per heavy atom. The molecule has 0 bridgehead atoms. The lowest BCUT2D eigenvalue weighted by Crippen LogP contribution is -2.42. The van der Waals surface area contributed by atoms with Crippen LogP contribution in [-0.2, 0) is 4.43 Å². The lowest BCUT2D eigenvalue weighted by Gasteiger charge is -2.40. The fourth-order valence-electron chi connectivity index (χ4n) is 1.99. The molecule has 0 radical (unpaired) electrons. The third-order valence-corrected chi connectivity index (χ3v) is 8.83. The van der Waals surface area contributed by atoms with Gasteiger partial charge in [0.05, 0.1) is 12.7 Å². The van der Waals surface area contributed by atoms with Crippen molar-refractivity contribution in [2.75, 3.05) is 6.61 Å². The highest BCUT2D eigenvalue weighted by Crippen LogP contribution is 2.41. The zero-order valence-corrected chi connectivity index (χ0v) is 15.3. The van der Waals surface area contributed by atoms with Crippen LogP contribution in [-0.4, -0.2) is 20.0 Å². The molecule has 118 valence electrons. The molecule has 0 amide bonds. The van der Waals surface area contributed by atoms with Gasteiger partial charge in [-0.05, 0) is 23.7 Å². The number of benzene rings is 1. The summed E-state index contributed by atoms with van der Waals surface area (Å²) in [6.45, 7) is 13.6. The van der Waals surface area contributed by atoms with E-state index in [0.717, 1.165) is 0 Å². The van der Waals surface area contributed by atoms with Gasteiger partial charge in [0.25, 0.3) is 0 Å². The minimum absolute atomic E-state index is 0.0369. The van der Waals surface area contributed by atoms with Crippen molar-refractivity contribution in [1.29, 1.82) is 0 Å². The first-order valence-electron chi connectivity index (χ1n) is 7.69. The molecule has 0 unspecified atom stereocenters. The van der Waals surface area contributed by atoms with Crippen LogP contribution < -0.4 is 0 Å². The van der Waals surface area contributed by atoms with Crippen molar-refractivity contribution in [3.63, 3.8) is 0 Å². The highest BCUT2D eigenvalue weighted by molar-refractivity contribution is 6.74. The smallest absolute Gasteiger partial charge is 0.192 e. The highest BCUT2D eigenvalue weighted by Gasteiger charge is 2.40. The molecule has 0 spiro atoms. The molecule has 0 saturated carbocycles. The minimum Gasteiger partial charge on any atom is -0.409 e. The molecule has 0 aromatic heterocycles. The first-order valence-corrected chi connectivity index (χ1v) is 10.6. The third-order valence-electron chi connectivity index (χ3n) is 4.38. The Morgan fingerprint density at radius 2 is 1.76 bits per heavy atom. The zero-order valence-electron chi connectivity index (χ0n) is 14.3. The van der Waals surface area contributed by atoms with Gasteiger partial charge >= 0.3 is 0 Å². The van der Waals surface area contributed by atoms with Crippen molar-refractivity contribution in [2.45, 2.75) is 51.9 Å². The van der Waals surface area contributed by atoms with Gasteiger partial charge in [-0.2, -0.15) is 0 Å². The van der Waals surface area contributed by atoms with Gasteiger partial charge in [-0.3, -0.25) is 0 Å². The highest BCUT2D eigenvalue weighted by atomic mass is 28.4. The summed E-state index contributed by atoms with van der Waals surface area (Å²) in [5, 5.41) is 9.19. The van der Waals surface area contributed by atoms with Crippen molar-refractivity contribution in [2.24, 2.45) is 5.92 Å². The molecule has 21 heavy (non-hydrogen) atoms. The fourth-order valence-corrected chi connectivity index (χ4v) is 3.33. The van der Waals surface area contributed by atoms with Crippen molar-refractivity contribution in [1.82, 2.24) is 0 Å². The van der Waals surface area contributed by atoms with Crippen molar-refractivity contribution in [3.05, 3.63) is 48.0 Å². The molecule has 1 aromatic carbocycles. The van der Waals surface area contributed by atoms with Crippen LogP contribution in [0.5, 0.6) is 0 Å². The van der Waals surface area contributed by atoms with Crippen LogP contribution in [0.2, 0.25) is 18.1 Å². The second-order valence-corrected chi connectivity index (χ2v) is 11.9. The number of aliphatic hydroxyl groups excluding tert-OH is 1. The van der Waals surface area contributed by atoms with Crippen LogP contribution in [0.25, 0.3) is 0 Å². The second-order valence-electron chi connectivity index (χ2n) is 7.18. The van der Waals surface area contributed by atoms with Gasteiger partial charge in [0.15, 0.2) is 8.32 Å². The van der Waals surface area contributed by atoms with E-state index in [1.54, 1.807) is 6.08 Å². The molecule has 0 saturated heterocycles. The van der Waals surface area contributed by atoms with Gasteiger partial charge < -0.3 is 9.53 Å². The van der Waals surface area contributed by atoms with Crippen molar-refractivity contribution in [3.8, 4) is 0 Å². The van der Waals surface area contributed by atoms with Gasteiger partial charge in [-0.1, -0.05) is 70.2 Å². The topological polar surface area (TPSA) is 29.5 Å². The summed E-state index contributed by atoms with van der Waals surface area (Å²) in [6.07, 6.45) is 3.88. The molecule has 0 heterocycles. The SMILES string of the molecule is C[C@@H](/C=C/CO)[C@H](O[Si](C)(C)C(C)(C)C)c1ccccc1. The van der Waals surface area contributed by atoms with E-state index in [-0.39, 0.29) is 23.7 Å². The second kappa shape index (κ2) is 7.39. The van der Waals surface area contributed by atoms with E-state index in [4.69, 9.17) is 9.53 Å². The van der Waals surface area contributed by atoms with Gasteiger partial charge in [-0.25, -0.2) is 0 Å². The summed E-state index contributed by atoms with van der Waals surface area (Å²) in [6, 6.07) is 10.4. The summed E-state index contributed by atoms with van der Waals surface area (Å²) in [7, 11) is -1.85. The van der Waals surface area contributed by atoms with E-state index in [1.807, 2.05) is 12.1 Å². The molecule has 0 fully saturated rings. The average Bonchev–Trinajstić information content (AvgIpc) is 2.42. The Balaban J connectivity index is 3.06. The van der Waals surface area contributed by atoms with Gasteiger partial charge in [0.2, 0.25) is 0 Å². The fraction of sp³-hybridized carbons (Fsp3) is 0.556. The molecule has 1 aromatic rings. The maximum absolute atomic E-state index is 9.01. The Labute approximate surface area is 131 Å². The van der Waals surface area contributed by atoms with Crippen molar-refractivity contribution < 1.29 is 9.53 Å². The molecule has 2 atom stereocenters. The number of hydrogen-bond donors (Lipinski definition) is 1. The standard InChI is InChI=1S/C18H30O2Si/c1-15(11-10-14-19)17(16-12-8-7-9-13-16)20-21(5,6)18(2,3)4/h7-13,15,17,19H,14H2,1-6H3/b11-10+/t15-,17-/m0/s1. The van der Waals surface area contributed by atoms with Crippen LogP contribution in [0.3, 0.4) is 0 Å². The Bertz CT molecular complexity index is 446. The van der Waals surface area contributed by atoms with Crippen LogP contribution in [0, 0.1) is 5.92 Å².